The van der Waals surface area contributed by atoms with Gasteiger partial charge in [0.15, 0.2) is 11.5 Å². The van der Waals surface area contributed by atoms with E-state index >= 15 is 0 Å². The third-order valence-electron chi connectivity index (χ3n) is 7.52. The van der Waals surface area contributed by atoms with Crippen LogP contribution in [0, 0.1) is 18.3 Å². The topological polar surface area (TPSA) is 97.0 Å². The molecule has 0 aliphatic carbocycles. The number of nitriles is 1. The van der Waals surface area contributed by atoms with Gasteiger partial charge >= 0.3 is 0 Å². The van der Waals surface area contributed by atoms with Crippen molar-refractivity contribution in [1.29, 1.82) is 5.26 Å². The molecule has 2 atom stereocenters. The summed E-state index contributed by atoms with van der Waals surface area (Å²) in [6.45, 7) is 9.94. The summed E-state index contributed by atoms with van der Waals surface area (Å²) in [6.07, 6.45) is 3.99. The van der Waals surface area contributed by atoms with Gasteiger partial charge in [0, 0.05) is 31.7 Å². The number of thioether (sulfide) groups is 1. The first-order chi connectivity index (χ1) is 20.1. The number of carbonyl (C=O) groups is 1. The maximum atomic E-state index is 13.7. The zero-order valence-corrected chi connectivity index (χ0v) is 26.7. The largest absolute Gasteiger partial charge is 0.493 e. The molecule has 42 heavy (non-hydrogen) atoms. The van der Waals surface area contributed by atoms with E-state index in [0.29, 0.717) is 64.5 Å². The van der Waals surface area contributed by atoms with Gasteiger partial charge in [-0.2, -0.15) is 5.26 Å². The minimum atomic E-state index is -0.301. The lowest BCUT2D eigenvalue weighted by atomic mass is 10.0. The van der Waals surface area contributed by atoms with Crippen LogP contribution < -0.4 is 19.9 Å². The molecular weight excluding hydrogens is 572 g/mol. The number of hydrogen-bond donors (Lipinski definition) is 0. The van der Waals surface area contributed by atoms with Gasteiger partial charge in [-0.05, 0) is 62.9 Å². The molecule has 2 aliphatic heterocycles. The average Bonchev–Trinajstić information content (AvgIpc) is 3.23. The zero-order valence-electron chi connectivity index (χ0n) is 25.1. The molecule has 11 heteroatoms. The van der Waals surface area contributed by atoms with Crippen molar-refractivity contribution in [3.63, 3.8) is 0 Å². The standard InChI is InChI=1S/C31H38N4O5S2/c1-7-8-12-34-28(33-17-19(2)40-20(3)18-33)23(21(4)24(16-32)29(34)36)15-27-30(37)35(31(41)42-27)13-11-22-9-10-25(38-5)26(14-22)39-6/h9-10,14-15,19-20H,7-8,11-13,17-18H2,1-6H3. The van der Waals surface area contributed by atoms with Gasteiger partial charge in [-0.1, -0.05) is 43.4 Å². The van der Waals surface area contributed by atoms with E-state index in [2.05, 4.69) is 17.9 Å². The first-order valence-corrected chi connectivity index (χ1v) is 15.4. The number of amides is 1. The van der Waals surface area contributed by atoms with Gasteiger partial charge in [0.25, 0.3) is 11.5 Å². The van der Waals surface area contributed by atoms with Crippen molar-refractivity contribution < 1.29 is 19.0 Å². The highest BCUT2D eigenvalue weighted by Crippen LogP contribution is 2.37. The molecule has 224 valence electrons. The Morgan fingerprint density at radius 1 is 1.14 bits per heavy atom. The Bertz CT molecular complexity index is 1490. The lowest BCUT2D eigenvalue weighted by Crippen LogP contribution is -2.48. The number of benzene rings is 1. The highest BCUT2D eigenvalue weighted by Gasteiger charge is 2.34. The van der Waals surface area contributed by atoms with Crippen molar-refractivity contribution in [2.24, 2.45) is 0 Å². The lowest BCUT2D eigenvalue weighted by Gasteiger charge is -2.39. The molecule has 0 radical (unpaired) electrons. The molecular formula is C31H38N4O5S2. The number of hydrogen-bond acceptors (Lipinski definition) is 9. The van der Waals surface area contributed by atoms with Gasteiger partial charge in [-0.25, -0.2) is 0 Å². The Kier molecular flexibility index (Phi) is 10.4. The van der Waals surface area contributed by atoms with Gasteiger partial charge in [0.2, 0.25) is 0 Å². The summed E-state index contributed by atoms with van der Waals surface area (Å²) in [6, 6.07) is 7.81. The van der Waals surface area contributed by atoms with Crippen molar-refractivity contribution in [1.82, 2.24) is 9.47 Å². The second-order valence-corrected chi connectivity index (χ2v) is 12.3. The molecule has 0 N–H and O–H groups in total. The molecule has 2 unspecified atom stereocenters. The molecule has 1 aromatic carbocycles. The first kappa shape index (κ1) is 31.6. The van der Waals surface area contributed by atoms with Crippen molar-refractivity contribution in [2.45, 2.75) is 65.7 Å². The Morgan fingerprint density at radius 2 is 1.83 bits per heavy atom. The van der Waals surface area contributed by atoms with Crippen LogP contribution in [0.4, 0.5) is 5.82 Å². The maximum Gasteiger partial charge on any atom is 0.270 e. The maximum absolute atomic E-state index is 13.7. The second-order valence-electron chi connectivity index (χ2n) is 10.6. The van der Waals surface area contributed by atoms with Gasteiger partial charge in [-0.15, -0.1) is 0 Å². The second kappa shape index (κ2) is 13.8. The number of methoxy groups -OCH3 is 2. The highest BCUT2D eigenvalue weighted by molar-refractivity contribution is 8.26. The van der Waals surface area contributed by atoms with E-state index in [-0.39, 0.29) is 29.2 Å². The summed E-state index contributed by atoms with van der Waals surface area (Å²) >= 11 is 6.88. The zero-order chi connectivity index (χ0) is 30.6. The molecule has 4 rings (SSSR count). The predicted octanol–water partition coefficient (Wildman–Crippen LogP) is 4.90. The van der Waals surface area contributed by atoms with Crippen LogP contribution in [0.15, 0.2) is 27.9 Å². The number of rotatable bonds is 10. The number of thiocarbonyl (C=S) groups is 1. The number of ether oxygens (including phenoxy) is 3. The van der Waals surface area contributed by atoms with Crippen LogP contribution in [0.25, 0.3) is 6.08 Å². The monoisotopic (exact) mass is 610 g/mol. The Labute approximate surface area is 257 Å². The number of nitrogens with zero attached hydrogens (tertiary/aromatic N) is 4. The summed E-state index contributed by atoms with van der Waals surface area (Å²) < 4.78 is 18.9. The fraction of sp³-hybridized carbons (Fsp3) is 0.484. The van der Waals surface area contributed by atoms with Crippen LogP contribution in [0.3, 0.4) is 0 Å². The average molecular weight is 611 g/mol. The van der Waals surface area contributed by atoms with Crippen LogP contribution in [-0.4, -0.2) is 65.8 Å². The molecule has 2 aliphatic rings. The third kappa shape index (κ3) is 6.51. The molecule has 1 amide bonds. The van der Waals surface area contributed by atoms with Crippen LogP contribution in [0.5, 0.6) is 11.5 Å². The van der Waals surface area contributed by atoms with E-state index in [4.69, 9.17) is 26.4 Å². The number of anilines is 1. The summed E-state index contributed by atoms with van der Waals surface area (Å²) in [5, 5.41) is 9.97. The van der Waals surface area contributed by atoms with Gasteiger partial charge < -0.3 is 19.1 Å². The highest BCUT2D eigenvalue weighted by atomic mass is 32.2. The first-order valence-electron chi connectivity index (χ1n) is 14.2. The van der Waals surface area contributed by atoms with Crippen LogP contribution in [0.2, 0.25) is 0 Å². The number of pyridine rings is 1. The number of morpholine rings is 1. The Morgan fingerprint density at radius 3 is 2.45 bits per heavy atom. The van der Waals surface area contributed by atoms with Crippen LogP contribution >= 0.6 is 24.0 Å². The summed E-state index contributed by atoms with van der Waals surface area (Å²) in [4.78, 5) is 31.5. The number of aromatic nitrogens is 1. The van der Waals surface area contributed by atoms with Crippen molar-refractivity contribution in [2.75, 3.05) is 38.8 Å². The third-order valence-corrected chi connectivity index (χ3v) is 8.90. The summed E-state index contributed by atoms with van der Waals surface area (Å²) in [7, 11) is 3.18. The van der Waals surface area contributed by atoms with Crippen molar-refractivity contribution in [3.8, 4) is 17.6 Å². The fourth-order valence-corrected chi connectivity index (χ4v) is 6.75. The van der Waals surface area contributed by atoms with Crippen LogP contribution in [0.1, 0.15) is 55.9 Å². The molecule has 2 aromatic rings. The number of unbranched alkanes of at least 4 members (excludes halogenated alkanes) is 1. The lowest BCUT2D eigenvalue weighted by molar-refractivity contribution is -0.122. The van der Waals surface area contributed by atoms with E-state index < -0.39 is 0 Å². The predicted molar refractivity (Wildman–Crippen MR) is 170 cm³/mol. The minimum absolute atomic E-state index is 0.0398. The smallest absolute Gasteiger partial charge is 0.270 e. The van der Waals surface area contributed by atoms with E-state index in [1.807, 2.05) is 38.1 Å². The Balaban J connectivity index is 1.73. The van der Waals surface area contributed by atoms with Crippen molar-refractivity contribution in [3.05, 3.63) is 55.7 Å². The van der Waals surface area contributed by atoms with Gasteiger partial charge in [0.05, 0.1) is 31.3 Å². The fourth-order valence-electron chi connectivity index (χ4n) is 5.46. The molecule has 0 saturated carbocycles. The van der Waals surface area contributed by atoms with Gasteiger partial charge in [-0.3, -0.25) is 19.1 Å². The van der Waals surface area contributed by atoms with E-state index in [1.165, 1.54) is 11.8 Å². The molecule has 0 bridgehead atoms. The quantitative estimate of drug-likeness (QED) is 0.275. The molecule has 2 fully saturated rings. The molecule has 3 heterocycles. The molecule has 1 aromatic heterocycles. The Hall–Kier alpha value is -3.33. The minimum Gasteiger partial charge on any atom is -0.493 e. The molecule has 2 saturated heterocycles. The van der Waals surface area contributed by atoms with Crippen molar-refractivity contribution >= 4 is 46.1 Å². The normalized spacial score (nSPS) is 19.9. The summed E-state index contributed by atoms with van der Waals surface area (Å²) in [5.41, 5.74) is 2.04. The van der Waals surface area contributed by atoms with E-state index in [1.54, 1.807) is 30.6 Å². The van der Waals surface area contributed by atoms with Gasteiger partial charge in [0.1, 0.15) is 21.8 Å². The van der Waals surface area contributed by atoms with Crippen LogP contribution in [-0.2, 0) is 22.5 Å². The number of carbonyl (C=O) groups excluding carboxylic acids is 1. The molecule has 9 nitrogen and oxygen atoms in total. The molecule has 0 spiro atoms. The summed E-state index contributed by atoms with van der Waals surface area (Å²) in [5.74, 6) is 1.80. The van der Waals surface area contributed by atoms with E-state index in [0.717, 1.165) is 24.2 Å². The van der Waals surface area contributed by atoms with E-state index in [9.17, 15) is 14.9 Å². The SMILES string of the molecule is CCCCn1c(N2CC(C)OC(C)C2)c(C=C2SC(=S)N(CCc3ccc(OC)c(OC)c3)C2=O)c(C)c(C#N)c1=O.